The van der Waals surface area contributed by atoms with Gasteiger partial charge in [0.1, 0.15) is 11.3 Å². The normalized spacial score (nSPS) is 12.3. The van der Waals surface area contributed by atoms with E-state index in [-0.39, 0.29) is 6.79 Å². The second-order valence-corrected chi connectivity index (χ2v) is 7.72. The molecule has 0 spiro atoms. The van der Waals surface area contributed by atoms with Gasteiger partial charge in [-0.15, -0.1) is 0 Å². The third-order valence-electron chi connectivity index (χ3n) is 5.38. The first kappa shape index (κ1) is 21.5. The average Bonchev–Trinajstić information content (AvgIpc) is 3.57. The number of amides is 1. The van der Waals surface area contributed by atoms with Crippen molar-refractivity contribution in [1.82, 2.24) is 30.0 Å². The summed E-state index contributed by atoms with van der Waals surface area (Å²) in [4.78, 5) is 25.2. The van der Waals surface area contributed by atoms with Gasteiger partial charge in [0.15, 0.2) is 28.8 Å². The van der Waals surface area contributed by atoms with Crippen molar-refractivity contribution in [2.24, 2.45) is 0 Å². The fraction of sp³-hybridized carbons (Fsp3) is 0.318. The number of aromatic nitrogens is 5. The van der Waals surface area contributed by atoms with Gasteiger partial charge in [0.25, 0.3) is 0 Å². The molecule has 34 heavy (non-hydrogen) atoms. The number of ether oxygens (including phenoxy) is 3. The monoisotopic (exact) mass is 465 g/mol. The number of rotatable bonds is 8. The quantitative estimate of drug-likeness (QED) is 0.371. The summed E-state index contributed by atoms with van der Waals surface area (Å²) in [6, 6.07) is 5.53. The van der Waals surface area contributed by atoms with Crippen molar-refractivity contribution in [3.05, 3.63) is 42.0 Å². The Morgan fingerprint density at radius 1 is 1.24 bits per heavy atom. The van der Waals surface area contributed by atoms with Crippen LogP contribution in [0.5, 0.6) is 11.5 Å². The number of imidazole rings is 1. The second kappa shape index (κ2) is 9.25. The molecule has 0 atom stereocenters. The van der Waals surface area contributed by atoms with Crippen molar-refractivity contribution in [3.8, 4) is 22.9 Å². The Kier molecular flexibility index (Phi) is 5.85. The maximum Gasteiger partial charge on any atom is 0.407 e. The van der Waals surface area contributed by atoms with Crippen molar-refractivity contribution in [2.45, 2.75) is 32.9 Å². The second-order valence-electron chi connectivity index (χ2n) is 7.72. The predicted octanol–water partition coefficient (Wildman–Crippen LogP) is 2.81. The van der Waals surface area contributed by atoms with Gasteiger partial charge in [-0.05, 0) is 37.5 Å². The molecule has 1 amide bonds. The van der Waals surface area contributed by atoms with E-state index in [2.05, 4.69) is 25.4 Å². The summed E-state index contributed by atoms with van der Waals surface area (Å²) in [7, 11) is 0. The van der Waals surface area contributed by atoms with E-state index in [1.165, 1.54) is 0 Å². The number of hydrogen-bond donors (Lipinski definition) is 2. The highest BCUT2D eigenvalue weighted by Crippen LogP contribution is 2.32. The summed E-state index contributed by atoms with van der Waals surface area (Å²) in [5.74, 6) is 2.72. The molecule has 1 aromatic carbocycles. The number of carbonyl (C=O) groups excluding carboxylic acids is 1. The molecule has 5 rings (SSSR count). The summed E-state index contributed by atoms with van der Waals surface area (Å²) in [6.45, 7) is 3.27. The number of benzene rings is 1. The van der Waals surface area contributed by atoms with E-state index in [0.717, 1.165) is 12.0 Å². The Bertz CT molecular complexity index is 1330. The summed E-state index contributed by atoms with van der Waals surface area (Å²) < 4.78 is 22.9. The van der Waals surface area contributed by atoms with Crippen LogP contribution < -0.4 is 20.5 Å². The number of anilines is 1. The molecule has 4 aromatic rings. The number of carbonyl (C=O) groups is 1. The van der Waals surface area contributed by atoms with E-state index in [1.54, 1.807) is 19.4 Å². The van der Waals surface area contributed by atoms with Gasteiger partial charge >= 0.3 is 6.09 Å². The molecule has 1 aliphatic rings. The van der Waals surface area contributed by atoms with Gasteiger partial charge in [-0.1, -0.05) is 11.2 Å². The fourth-order valence-corrected chi connectivity index (χ4v) is 3.59. The third kappa shape index (κ3) is 4.42. The van der Waals surface area contributed by atoms with Gasteiger partial charge in [-0.25, -0.2) is 19.7 Å². The minimum atomic E-state index is -0.472. The first-order valence-corrected chi connectivity index (χ1v) is 10.8. The molecular formula is C22H23N7O5. The van der Waals surface area contributed by atoms with E-state index in [4.69, 9.17) is 24.5 Å². The molecule has 0 aliphatic carbocycles. The highest BCUT2D eigenvalue weighted by Gasteiger charge is 2.16. The summed E-state index contributed by atoms with van der Waals surface area (Å²) in [5, 5.41) is 6.50. The lowest BCUT2D eigenvalue weighted by atomic mass is 10.2. The van der Waals surface area contributed by atoms with Crippen molar-refractivity contribution in [3.63, 3.8) is 0 Å². The zero-order chi connectivity index (χ0) is 23.5. The van der Waals surface area contributed by atoms with Gasteiger partial charge in [0.05, 0.1) is 24.7 Å². The molecule has 0 saturated heterocycles. The number of nitrogens with zero attached hydrogens (tertiary/aromatic N) is 5. The molecule has 0 fully saturated rings. The highest BCUT2D eigenvalue weighted by atomic mass is 16.7. The zero-order valence-corrected chi connectivity index (χ0v) is 18.5. The molecule has 0 bridgehead atoms. The molecule has 3 N–H and O–H groups in total. The molecule has 0 radical (unpaired) electrons. The number of nitrogens with one attached hydrogen (secondary N) is 1. The molecule has 1 aliphatic heterocycles. The van der Waals surface area contributed by atoms with Crippen LogP contribution >= 0.6 is 0 Å². The summed E-state index contributed by atoms with van der Waals surface area (Å²) in [5.41, 5.74) is 8.83. The molecule has 0 saturated carbocycles. The first-order chi connectivity index (χ1) is 16.6. The maximum atomic E-state index is 12.0. The number of nitrogens with two attached hydrogens (primary N) is 1. The van der Waals surface area contributed by atoms with Crippen molar-refractivity contribution < 1.29 is 23.5 Å². The lowest BCUT2D eigenvalue weighted by Crippen LogP contribution is -2.24. The van der Waals surface area contributed by atoms with Crippen LogP contribution in [0, 0.1) is 6.92 Å². The SMILES string of the molecule is Cc1oncc1-c1nc(N)c2ncn(CCCCOC(=O)NCc3ccc4c(c3)OCO4)c2n1. The molecule has 176 valence electrons. The van der Waals surface area contributed by atoms with Gasteiger partial charge in [-0.3, -0.25) is 0 Å². The minimum Gasteiger partial charge on any atom is -0.454 e. The summed E-state index contributed by atoms with van der Waals surface area (Å²) in [6.07, 6.45) is 4.20. The lowest BCUT2D eigenvalue weighted by Gasteiger charge is -2.08. The van der Waals surface area contributed by atoms with E-state index in [0.29, 0.717) is 71.7 Å². The Labute approximate surface area is 194 Å². The predicted molar refractivity (Wildman–Crippen MR) is 120 cm³/mol. The molecule has 12 nitrogen and oxygen atoms in total. The Balaban J connectivity index is 1.10. The third-order valence-corrected chi connectivity index (χ3v) is 5.38. The van der Waals surface area contributed by atoms with Crippen LogP contribution in [0.3, 0.4) is 0 Å². The highest BCUT2D eigenvalue weighted by molar-refractivity contribution is 5.83. The van der Waals surface area contributed by atoms with E-state index < -0.39 is 6.09 Å². The van der Waals surface area contributed by atoms with Gasteiger partial charge in [-0.2, -0.15) is 0 Å². The van der Waals surface area contributed by atoms with Crippen molar-refractivity contribution in [2.75, 3.05) is 19.1 Å². The van der Waals surface area contributed by atoms with E-state index in [1.807, 2.05) is 22.8 Å². The zero-order valence-electron chi connectivity index (χ0n) is 18.5. The number of fused-ring (bicyclic) bond motifs is 2. The van der Waals surface area contributed by atoms with Crippen LogP contribution in [0.1, 0.15) is 24.2 Å². The van der Waals surface area contributed by atoms with Crippen LogP contribution in [-0.2, 0) is 17.8 Å². The van der Waals surface area contributed by atoms with Crippen LogP contribution in [0.2, 0.25) is 0 Å². The first-order valence-electron chi connectivity index (χ1n) is 10.8. The van der Waals surface area contributed by atoms with Crippen LogP contribution in [0.15, 0.2) is 35.2 Å². The topological polar surface area (TPSA) is 152 Å². The largest absolute Gasteiger partial charge is 0.454 e. The standard InChI is InChI=1S/C22H23N7O5/c1-13-15(10-26-34-13)20-27-19(23)18-21(28-20)29(11-25-18)6-2-3-7-31-22(30)24-9-14-4-5-16-17(8-14)33-12-32-16/h4-5,8,10-11H,2-3,6-7,9,12H2,1H3,(H,24,30)(H2,23,27,28). The van der Waals surface area contributed by atoms with E-state index in [9.17, 15) is 4.79 Å². The Morgan fingerprint density at radius 2 is 2.12 bits per heavy atom. The van der Waals surface area contributed by atoms with Gasteiger partial charge < -0.3 is 34.4 Å². The smallest absolute Gasteiger partial charge is 0.407 e. The number of aryl methyl sites for hydroxylation is 2. The Hall–Kier alpha value is -4.35. The molecule has 4 heterocycles. The van der Waals surface area contributed by atoms with Crippen molar-refractivity contribution in [1.29, 1.82) is 0 Å². The number of alkyl carbamates (subject to hydrolysis) is 1. The van der Waals surface area contributed by atoms with Gasteiger partial charge in [0.2, 0.25) is 6.79 Å². The summed E-state index contributed by atoms with van der Waals surface area (Å²) >= 11 is 0. The Morgan fingerprint density at radius 3 is 2.97 bits per heavy atom. The van der Waals surface area contributed by atoms with Gasteiger partial charge in [0, 0.05) is 13.1 Å². The molecular weight excluding hydrogens is 442 g/mol. The van der Waals surface area contributed by atoms with Crippen LogP contribution in [0.25, 0.3) is 22.6 Å². The van der Waals surface area contributed by atoms with Crippen molar-refractivity contribution >= 4 is 23.1 Å². The van der Waals surface area contributed by atoms with E-state index >= 15 is 0 Å². The average molecular weight is 465 g/mol. The molecule has 3 aromatic heterocycles. The number of unbranched alkanes of at least 4 members (excludes halogenated alkanes) is 1. The molecule has 0 unspecified atom stereocenters. The lowest BCUT2D eigenvalue weighted by molar-refractivity contribution is 0.143. The van der Waals surface area contributed by atoms with Crippen LogP contribution in [-0.4, -0.2) is 44.2 Å². The molecule has 12 heteroatoms. The number of nitrogen functional groups attached to an aromatic ring is 1. The number of hydrogen-bond acceptors (Lipinski definition) is 10. The maximum absolute atomic E-state index is 12.0. The van der Waals surface area contributed by atoms with Crippen LogP contribution in [0.4, 0.5) is 10.6 Å². The fourth-order valence-electron chi connectivity index (χ4n) is 3.59. The minimum absolute atomic E-state index is 0.214.